The Kier molecular flexibility index (Phi) is 5.71. The van der Waals surface area contributed by atoms with E-state index in [0.29, 0.717) is 29.6 Å². The van der Waals surface area contributed by atoms with Crippen molar-refractivity contribution >= 4 is 11.6 Å². The van der Waals surface area contributed by atoms with Gasteiger partial charge in [0.05, 0.1) is 4.92 Å². The summed E-state index contributed by atoms with van der Waals surface area (Å²) in [6.07, 6.45) is 2.15. The van der Waals surface area contributed by atoms with Gasteiger partial charge in [-0.25, -0.2) is 0 Å². The maximum absolute atomic E-state index is 12.2. The Hall–Kier alpha value is -1.95. The van der Waals surface area contributed by atoms with Crippen molar-refractivity contribution in [1.82, 2.24) is 10.2 Å². The molecule has 0 aromatic heterocycles. The monoisotopic (exact) mass is 319 g/mol. The molecule has 0 radical (unpaired) electrons. The predicted molar refractivity (Wildman–Crippen MR) is 89.6 cm³/mol. The van der Waals surface area contributed by atoms with Crippen LogP contribution in [-0.2, 0) is 0 Å². The Morgan fingerprint density at radius 1 is 1.39 bits per heavy atom. The second kappa shape index (κ2) is 7.55. The summed E-state index contributed by atoms with van der Waals surface area (Å²) >= 11 is 0. The van der Waals surface area contributed by atoms with Gasteiger partial charge in [0.25, 0.3) is 11.6 Å². The SMILES string of the molecule is Cc1ccc(C(=O)NCC2CCN(C(C)C)CC2)cc1[N+](=O)[O-]. The highest BCUT2D eigenvalue weighted by Crippen LogP contribution is 2.20. The number of carbonyl (C=O) groups excluding carboxylic acids is 1. The van der Waals surface area contributed by atoms with Gasteiger partial charge in [-0.1, -0.05) is 6.07 Å². The molecule has 1 aromatic carbocycles. The zero-order chi connectivity index (χ0) is 17.0. The highest BCUT2D eigenvalue weighted by Gasteiger charge is 2.21. The van der Waals surface area contributed by atoms with E-state index in [-0.39, 0.29) is 11.6 Å². The topological polar surface area (TPSA) is 75.5 Å². The molecule has 0 aliphatic carbocycles. The van der Waals surface area contributed by atoms with Crippen LogP contribution in [0, 0.1) is 23.0 Å². The molecule has 6 nitrogen and oxygen atoms in total. The minimum absolute atomic E-state index is 0.0112. The predicted octanol–water partition coefficient (Wildman–Crippen LogP) is 2.75. The summed E-state index contributed by atoms with van der Waals surface area (Å²) in [5.74, 6) is 0.244. The number of benzene rings is 1. The number of nitrogens with one attached hydrogen (secondary N) is 1. The normalized spacial score (nSPS) is 16.5. The van der Waals surface area contributed by atoms with Gasteiger partial charge in [0.1, 0.15) is 0 Å². The van der Waals surface area contributed by atoms with E-state index in [2.05, 4.69) is 24.1 Å². The number of hydrogen-bond donors (Lipinski definition) is 1. The van der Waals surface area contributed by atoms with Gasteiger partial charge in [-0.15, -0.1) is 0 Å². The summed E-state index contributed by atoms with van der Waals surface area (Å²) in [7, 11) is 0. The third kappa shape index (κ3) is 4.51. The molecule has 1 aliphatic heterocycles. The molecule has 1 aromatic rings. The van der Waals surface area contributed by atoms with Gasteiger partial charge in [-0.2, -0.15) is 0 Å². The Bertz CT molecular complexity index is 578. The molecule has 1 heterocycles. The molecule has 1 saturated heterocycles. The minimum Gasteiger partial charge on any atom is -0.352 e. The Morgan fingerprint density at radius 3 is 2.61 bits per heavy atom. The summed E-state index contributed by atoms with van der Waals surface area (Å²) in [6, 6.07) is 5.18. The molecule has 0 bridgehead atoms. The number of nitro groups is 1. The lowest BCUT2D eigenvalue weighted by Gasteiger charge is -2.34. The van der Waals surface area contributed by atoms with Gasteiger partial charge in [0, 0.05) is 29.8 Å². The van der Waals surface area contributed by atoms with Crippen molar-refractivity contribution in [3.63, 3.8) is 0 Å². The maximum Gasteiger partial charge on any atom is 0.273 e. The van der Waals surface area contributed by atoms with Crippen molar-refractivity contribution in [3.8, 4) is 0 Å². The van der Waals surface area contributed by atoms with Crippen LogP contribution in [0.25, 0.3) is 0 Å². The summed E-state index contributed by atoms with van der Waals surface area (Å²) in [4.78, 5) is 25.2. The molecular formula is C17H25N3O3. The second-order valence-corrected chi connectivity index (χ2v) is 6.54. The number of rotatable bonds is 5. The molecule has 23 heavy (non-hydrogen) atoms. The highest BCUT2D eigenvalue weighted by atomic mass is 16.6. The first-order valence-corrected chi connectivity index (χ1v) is 8.15. The summed E-state index contributed by atoms with van der Waals surface area (Å²) < 4.78 is 0. The van der Waals surface area contributed by atoms with E-state index < -0.39 is 4.92 Å². The van der Waals surface area contributed by atoms with Crippen LogP contribution in [0.2, 0.25) is 0 Å². The first kappa shape index (κ1) is 17.4. The molecule has 1 fully saturated rings. The van der Waals surface area contributed by atoms with E-state index in [9.17, 15) is 14.9 Å². The van der Waals surface area contributed by atoms with Gasteiger partial charge >= 0.3 is 0 Å². The average Bonchev–Trinajstić information content (AvgIpc) is 2.53. The number of carbonyl (C=O) groups is 1. The molecule has 0 spiro atoms. The third-order valence-corrected chi connectivity index (χ3v) is 4.60. The average molecular weight is 319 g/mol. The summed E-state index contributed by atoms with van der Waals surface area (Å²) in [5, 5.41) is 13.9. The van der Waals surface area contributed by atoms with Gasteiger partial charge in [-0.05, 0) is 58.7 Å². The smallest absolute Gasteiger partial charge is 0.273 e. The zero-order valence-corrected chi connectivity index (χ0v) is 14.0. The first-order valence-electron chi connectivity index (χ1n) is 8.15. The van der Waals surface area contributed by atoms with Crippen molar-refractivity contribution < 1.29 is 9.72 Å². The van der Waals surface area contributed by atoms with Crippen LogP contribution >= 0.6 is 0 Å². The van der Waals surface area contributed by atoms with Crippen LogP contribution in [0.1, 0.15) is 42.6 Å². The van der Waals surface area contributed by atoms with Crippen LogP contribution in [0.4, 0.5) is 5.69 Å². The lowest BCUT2D eigenvalue weighted by Crippen LogP contribution is -2.41. The van der Waals surface area contributed by atoms with Crippen molar-refractivity contribution in [1.29, 1.82) is 0 Å². The Balaban J connectivity index is 1.88. The lowest BCUT2D eigenvalue weighted by atomic mass is 9.96. The number of piperidine rings is 1. The highest BCUT2D eigenvalue weighted by molar-refractivity contribution is 5.94. The van der Waals surface area contributed by atoms with Gasteiger partial charge < -0.3 is 10.2 Å². The number of aryl methyl sites for hydroxylation is 1. The van der Waals surface area contributed by atoms with Crippen LogP contribution in [-0.4, -0.2) is 41.4 Å². The van der Waals surface area contributed by atoms with Gasteiger partial charge in [0.15, 0.2) is 0 Å². The zero-order valence-electron chi connectivity index (χ0n) is 14.0. The fourth-order valence-corrected chi connectivity index (χ4v) is 2.96. The molecule has 1 amide bonds. The molecule has 0 saturated carbocycles. The summed E-state index contributed by atoms with van der Waals surface area (Å²) in [6.45, 7) is 8.83. The van der Waals surface area contributed by atoms with Crippen molar-refractivity contribution in [2.45, 2.75) is 39.7 Å². The molecule has 2 rings (SSSR count). The standard InChI is InChI=1S/C17H25N3O3/c1-12(2)19-8-6-14(7-9-19)11-18-17(21)15-5-4-13(3)16(10-15)20(22)23/h4-5,10,12,14H,6-9,11H2,1-3H3,(H,18,21). The fourth-order valence-electron chi connectivity index (χ4n) is 2.96. The van der Waals surface area contributed by atoms with Gasteiger partial charge in [-0.3, -0.25) is 14.9 Å². The molecular weight excluding hydrogens is 294 g/mol. The van der Waals surface area contributed by atoms with E-state index in [1.165, 1.54) is 6.07 Å². The largest absolute Gasteiger partial charge is 0.352 e. The molecule has 6 heteroatoms. The lowest BCUT2D eigenvalue weighted by molar-refractivity contribution is -0.385. The Morgan fingerprint density at radius 2 is 2.04 bits per heavy atom. The number of likely N-dealkylation sites (tertiary alicyclic amines) is 1. The van der Waals surface area contributed by atoms with E-state index in [4.69, 9.17) is 0 Å². The maximum atomic E-state index is 12.2. The van der Waals surface area contributed by atoms with Crippen molar-refractivity contribution in [2.24, 2.45) is 5.92 Å². The number of amides is 1. The van der Waals surface area contributed by atoms with Crippen LogP contribution in [0.3, 0.4) is 0 Å². The first-order chi connectivity index (χ1) is 10.9. The molecule has 126 valence electrons. The van der Waals surface area contributed by atoms with E-state index in [0.717, 1.165) is 25.9 Å². The van der Waals surface area contributed by atoms with Crippen LogP contribution in [0.15, 0.2) is 18.2 Å². The number of nitro benzene ring substituents is 1. The van der Waals surface area contributed by atoms with Crippen molar-refractivity contribution in [3.05, 3.63) is 39.4 Å². The molecule has 0 unspecified atom stereocenters. The molecule has 1 N–H and O–H groups in total. The van der Waals surface area contributed by atoms with E-state index in [1.807, 2.05) is 0 Å². The fraction of sp³-hybridized carbons (Fsp3) is 0.588. The molecule has 0 atom stereocenters. The minimum atomic E-state index is -0.451. The van der Waals surface area contributed by atoms with E-state index in [1.54, 1.807) is 19.1 Å². The number of nitrogens with zero attached hydrogens (tertiary/aromatic N) is 2. The summed E-state index contributed by atoms with van der Waals surface area (Å²) in [5.41, 5.74) is 0.900. The Labute approximate surface area is 137 Å². The van der Waals surface area contributed by atoms with Crippen molar-refractivity contribution in [2.75, 3.05) is 19.6 Å². The third-order valence-electron chi connectivity index (χ3n) is 4.60. The molecule has 1 aliphatic rings. The van der Waals surface area contributed by atoms with Crippen LogP contribution in [0.5, 0.6) is 0 Å². The van der Waals surface area contributed by atoms with Gasteiger partial charge in [0.2, 0.25) is 0 Å². The van der Waals surface area contributed by atoms with Crippen LogP contribution < -0.4 is 5.32 Å². The quantitative estimate of drug-likeness (QED) is 0.669. The number of hydrogen-bond acceptors (Lipinski definition) is 4. The van der Waals surface area contributed by atoms with E-state index >= 15 is 0 Å². The second-order valence-electron chi connectivity index (χ2n) is 6.54.